The maximum absolute atomic E-state index is 13.2. The van der Waals surface area contributed by atoms with Crippen LogP contribution in [-0.4, -0.2) is 42.2 Å². The molecule has 0 bridgehead atoms. The van der Waals surface area contributed by atoms with Gasteiger partial charge >= 0.3 is 0 Å². The van der Waals surface area contributed by atoms with Crippen molar-refractivity contribution in [3.8, 4) is 5.75 Å². The van der Waals surface area contributed by atoms with Crippen LogP contribution in [0.3, 0.4) is 0 Å². The molecule has 1 aromatic rings. The molecule has 0 aromatic heterocycles. The highest BCUT2D eigenvalue weighted by atomic mass is 16.5. The van der Waals surface area contributed by atoms with E-state index in [1.807, 2.05) is 55.8 Å². The van der Waals surface area contributed by atoms with Crippen molar-refractivity contribution in [2.24, 2.45) is 11.0 Å². The van der Waals surface area contributed by atoms with Crippen LogP contribution < -0.4 is 4.74 Å². The van der Waals surface area contributed by atoms with Gasteiger partial charge in [-0.1, -0.05) is 18.7 Å². The van der Waals surface area contributed by atoms with Crippen LogP contribution in [0.5, 0.6) is 5.75 Å². The first-order valence-electron chi connectivity index (χ1n) is 10.0. The lowest BCUT2D eigenvalue weighted by Gasteiger charge is -2.37. The van der Waals surface area contributed by atoms with E-state index in [1.54, 1.807) is 13.3 Å². The van der Waals surface area contributed by atoms with Crippen molar-refractivity contribution in [2.45, 2.75) is 40.5 Å². The first kappa shape index (κ1) is 22.5. The summed E-state index contributed by atoms with van der Waals surface area (Å²) in [7, 11) is 1.63. The van der Waals surface area contributed by atoms with Gasteiger partial charge in [0.25, 0.3) is 5.91 Å². The summed E-state index contributed by atoms with van der Waals surface area (Å²) in [6.07, 6.45) is 5.75. The van der Waals surface area contributed by atoms with Crippen LogP contribution in [0.2, 0.25) is 0 Å². The molecule has 1 saturated heterocycles. The molecule has 5 heteroatoms. The predicted octanol–water partition coefficient (Wildman–Crippen LogP) is 5.16. The van der Waals surface area contributed by atoms with E-state index in [0.29, 0.717) is 6.54 Å². The smallest absolute Gasteiger partial charge is 0.254 e. The van der Waals surface area contributed by atoms with Crippen molar-refractivity contribution in [2.75, 3.05) is 20.2 Å². The van der Waals surface area contributed by atoms with Gasteiger partial charge in [-0.15, -0.1) is 0 Å². The molecule has 5 nitrogen and oxygen atoms in total. The molecule has 156 valence electrons. The lowest BCUT2D eigenvalue weighted by molar-refractivity contribution is 0.0678. The number of hydrazone groups is 1. The highest BCUT2D eigenvalue weighted by Gasteiger charge is 2.30. The molecule has 1 amide bonds. The van der Waals surface area contributed by atoms with Crippen LogP contribution in [0.15, 0.2) is 59.5 Å². The Balaban J connectivity index is 2.30. The van der Waals surface area contributed by atoms with E-state index in [4.69, 9.17) is 4.74 Å². The van der Waals surface area contributed by atoms with E-state index < -0.39 is 0 Å². The maximum atomic E-state index is 13.2. The molecule has 0 aliphatic carbocycles. The van der Waals surface area contributed by atoms with Crippen LogP contribution in [0, 0.1) is 12.8 Å². The van der Waals surface area contributed by atoms with Gasteiger partial charge in [0, 0.05) is 42.2 Å². The highest BCUT2D eigenvalue weighted by Crippen LogP contribution is 2.30. The average Bonchev–Trinajstić information content (AvgIpc) is 2.69. The fraction of sp³-hybridized carbons (Fsp3) is 0.417. The number of hydrogen-bond acceptors (Lipinski definition) is 4. The number of hydrogen-bond donors (Lipinski definition) is 0. The summed E-state index contributed by atoms with van der Waals surface area (Å²) in [6, 6.07) is 5.60. The minimum atomic E-state index is 0.0606. The predicted molar refractivity (Wildman–Crippen MR) is 120 cm³/mol. The molecule has 1 aliphatic heterocycles. The molecule has 1 unspecified atom stereocenters. The SMILES string of the molecule is C=C(C)/C=C(/C1CCCN(C(=O)c2ccc(OC)cc2C)C1)N(/N=C\C)C(=C)C. The van der Waals surface area contributed by atoms with Gasteiger partial charge in [0.05, 0.1) is 7.11 Å². The molecule has 0 radical (unpaired) electrons. The standard InChI is InChI=1S/C24H33N3O2/c1-8-25-27(18(4)5)23(14-17(2)3)20-10-9-13-26(16-20)24(28)22-12-11-21(29-7)15-19(22)6/h8,11-12,14-15,20H,2,4,9-10,13,16H2,1,3,5-7H3/b23-14-,25-8-. The number of carbonyl (C=O) groups is 1. The zero-order chi connectivity index (χ0) is 21.6. The van der Waals surface area contributed by atoms with E-state index in [-0.39, 0.29) is 11.8 Å². The average molecular weight is 396 g/mol. The number of aryl methyl sites for hydroxylation is 1. The minimum absolute atomic E-state index is 0.0606. The topological polar surface area (TPSA) is 45.1 Å². The lowest BCUT2D eigenvalue weighted by atomic mass is 9.92. The molecule has 29 heavy (non-hydrogen) atoms. The number of likely N-dealkylation sites (tertiary alicyclic amines) is 1. The van der Waals surface area contributed by atoms with Gasteiger partial charge in [-0.2, -0.15) is 5.10 Å². The van der Waals surface area contributed by atoms with Crippen molar-refractivity contribution in [1.29, 1.82) is 0 Å². The van der Waals surface area contributed by atoms with E-state index in [9.17, 15) is 4.79 Å². The minimum Gasteiger partial charge on any atom is -0.497 e. The van der Waals surface area contributed by atoms with Gasteiger partial charge in [-0.3, -0.25) is 4.79 Å². The maximum Gasteiger partial charge on any atom is 0.254 e. The van der Waals surface area contributed by atoms with Crippen LogP contribution >= 0.6 is 0 Å². The monoisotopic (exact) mass is 395 g/mol. The normalized spacial score (nSPS) is 17.3. The van der Waals surface area contributed by atoms with Crippen LogP contribution in [0.1, 0.15) is 49.5 Å². The molecule has 0 spiro atoms. The largest absolute Gasteiger partial charge is 0.497 e. The molecular formula is C24H33N3O2. The van der Waals surface area contributed by atoms with Crippen molar-refractivity contribution in [3.05, 3.63) is 65.5 Å². The third-order valence-electron chi connectivity index (χ3n) is 5.02. The molecule has 1 fully saturated rings. The Bertz CT molecular complexity index is 839. The molecule has 1 atom stereocenters. The lowest BCUT2D eigenvalue weighted by Crippen LogP contribution is -2.42. The van der Waals surface area contributed by atoms with Crippen molar-refractivity contribution < 1.29 is 9.53 Å². The number of rotatable bonds is 7. The molecule has 1 heterocycles. The second kappa shape index (κ2) is 10.1. The fourth-order valence-electron chi connectivity index (χ4n) is 3.68. The van der Waals surface area contributed by atoms with Gasteiger partial charge in [-0.05, 0) is 70.4 Å². The summed E-state index contributed by atoms with van der Waals surface area (Å²) in [6.45, 7) is 17.3. The third kappa shape index (κ3) is 5.59. The van der Waals surface area contributed by atoms with E-state index in [0.717, 1.165) is 53.2 Å². The first-order valence-corrected chi connectivity index (χ1v) is 10.0. The third-order valence-corrected chi connectivity index (χ3v) is 5.02. The van der Waals surface area contributed by atoms with Crippen LogP contribution in [0.4, 0.5) is 0 Å². The Morgan fingerprint density at radius 3 is 2.62 bits per heavy atom. The number of carbonyl (C=O) groups excluding carboxylic acids is 1. The Labute approximate surface area is 175 Å². The number of methoxy groups -OCH3 is 1. The Kier molecular flexibility index (Phi) is 7.82. The van der Waals surface area contributed by atoms with Gasteiger partial charge in [0.2, 0.25) is 0 Å². The molecule has 0 saturated carbocycles. The van der Waals surface area contributed by atoms with Gasteiger partial charge < -0.3 is 9.64 Å². The van der Waals surface area contributed by atoms with Gasteiger partial charge in [-0.25, -0.2) is 5.01 Å². The number of piperidine rings is 1. The van der Waals surface area contributed by atoms with Crippen LogP contribution in [0.25, 0.3) is 0 Å². The summed E-state index contributed by atoms with van der Waals surface area (Å²) in [5.74, 6) is 0.991. The number of amides is 1. The number of ether oxygens (including phenoxy) is 1. The molecular weight excluding hydrogens is 362 g/mol. The number of nitrogens with zero attached hydrogens (tertiary/aromatic N) is 3. The zero-order valence-corrected chi connectivity index (χ0v) is 18.4. The van der Waals surface area contributed by atoms with E-state index in [2.05, 4.69) is 24.3 Å². The fourth-order valence-corrected chi connectivity index (χ4v) is 3.68. The Hall–Kier alpha value is -2.82. The summed E-state index contributed by atoms with van der Waals surface area (Å²) in [4.78, 5) is 15.2. The summed E-state index contributed by atoms with van der Waals surface area (Å²) in [5.41, 5.74) is 4.47. The Morgan fingerprint density at radius 2 is 2.07 bits per heavy atom. The summed E-state index contributed by atoms with van der Waals surface area (Å²) in [5, 5.41) is 6.36. The van der Waals surface area contributed by atoms with Gasteiger partial charge in [0.1, 0.15) is 5.75 Å². The summed E-state index contributed by atoms with van der Waals surface area (Å²) < 4.78 is 5.26. The zero-order valence-electron chi connectivity index (χ0n) is 18.4. The van der Waals surface area contributed by atoms with Crippen LogP contribution in [-0.2, 0) is 0 Å². The van der Waals surface area contributed by atoms with Crippen molar-refractivity contribution >= 4 is 12.1 Å². The quantitative estimate of drug-likeness (QED) is 0.364. The molecule has 0 N–H and O–H groups in total. The van der Waals surface area contributed by atoms with E-state index in [1.165, 1.54) is 0 Å². The van der Waals surface area contributed by atoms with Crippen molar-refractivity contribution in [1.82, 2.24) is 9.91 Å². The number of benzene rings is 1. The molecule has 1 aromatic carbocycles. The molecule has 2 rings (SSSR count). The Morgan fingerprint density at radius 1 is 1.34 bits per heavy atom. The first-order chi connectivity index (χ1) is 13.8. The van der Waals surface area contributed by atoms with E-state index >= 15 is 0 Å². The highest BCUT2D eigenvalue weighted by molar-refractivity contribution is 5.96. The van der Waals surface area contributed by atoms with Gasteiger partial charge in [0.15, 0.2) is 0 Å². The number of allylic oxidation sites excluding steroid dienone is 3. The second-order valence-corrected chi connectivity index (χ2v) is 7.61. The summed E-state index contributed by atoms with van der Waals surface area (Å²) >= 11 is 0. The second-order valence-electron chi connectivity index (χ2n) is 7.61. The molecule has 1 aliphatic rings. The van der Waals surface area contributed by atoms with Crippen molar-refractivity contribution in [3.63, 3.8) is 0 Å².